The molecule has 4 aromatic rings. The summed E-state index contributed by atoms with van der Waals surface area (Å²) in [5.41, 5.74) is 7.36. The van der Waals surface area contributed by atoms with Crippen LogP contribution in [0.5, 0.6) is 0 Å². The average molecular weight is 412 g/mol. The molecule has 1 amide bonds. The molecule has 5 nitrogen and oxygen atoms in total. The molecular weight excluding hydrogens is 388 g/mol. The van der Waals surface area contributed by atoms with E-state index in [1.54, 1.807) is 24.3 Å². The van der Waals surface area contributed by atoms with Crippen LogP contribution in [0, 0.1) is 13.8 Å². The van der Waals surface area contributed by atoms with Gasteiger partial charge in [-0.2, -0.15) is 0 Å². The second-order valence-electron chi connectivity index (χ2n) is 7.61. The quantitative estimate of drug-likeness (QED) is 0.401. The minimum absolute atomic E-state index is 0.150. The molecule has 3 N–H and O–H groups in total. The van der Waals surface area contributed by atoms with Crippen LogP contribution in [0.4, 0.5) is 0 Å². The zero-order valence-corrected chi connectivity index (χ0v) is 17.7. The van der Waals surface area contributed by atoms with Crippen molar-refractivity contribution in [1.29, 1.82) is 0 Å². The Morgan fingerprint density at radius 1 is 1.00 bits per heavy atom. The predicted octanol–water partition coefficient (Wildman–Crippen LogP) is 5.57. The highest BCUT2D eigenvalue weighted by Crippen LogP contribution is 2.40. The molecule has 0 saturated carbocycles. The highest BCUT2D eigenvalue weighted by molar-refractivity contribution is 6.11. The zero-order chi connectivity index (χ0) is 22.1. The monoisotopic (exact) mass is 412 g/mol. The number of carbonyl (C=O) groups is 2. The van der Waals surface area contributed by atoms with Crippen molar-refractivity contribution in [3.05, 3.63) is 83.0 Å². The maximum absolute atomic E-state index is 13.3. The number of benzene rings is 3. The van der Waals surface area contributed by atoms with Crippen molar-refractivity contribution in [2.45, 2.75) is 20.8 Å². The van der Waals surface area contributed by atoms with Crippen molar-refractivity contribution in [3.63, 3.8) is 0 Å². The van der Waals surface area contributed by atoms with Gasteiger partial charge in [-0.3, -0.25) is 4.79 Å². The summed E-state index contributed by atoms with van der Waals surface area (Å²) in [6.07, 6.45) is 1.95. The Labute approximate surface area is 180 Å². The van der Waals surface area contributed by atoms with Crippen molar-refractivity contribution < 1.29 is 14.7 Å². The molecule has 0 aliphatic carbocycles. The topological polar surface area (TPSA) is 82.2 Å². The van der Waals surface area contributed by atoms with Gasteiger partial charge in [0, 0.05) is 34.8 Å². The number of H-pyrrole nitrogens is 1. The largest absolute Gasteiger partial charge is 0.478 e. The molecular formula is C26H24N2O3. The second-order valence-corrected chi connectivity index (χ2v) is 7.61. The van der Waals surface area contributed by atoms with E-state index in [-0.39, 0.29) is 11.5 Å². The number of aromatic carboxylic acids is 1. The molecule has 156 valence electrons. The molecule has 0 saturated heterocycles. The Hall–Kier alpha value is -3.86. The molecule has 0 aliphatic heterocycles. The van der Waals surface area contributed by atoms with E-state index in [4.69, 9.17) is 0 Å². The molecule has 0 atom stereocenters. The Morgan fingerprint density at radius 2 is 1.71 bits per heavy atom. The van der Waals surface area contributed by atoms with Crippen LogP contribution in [-0.4, -0.2) is 28.5 Å². The molecule has 4 rings (SSSR count). The molecule has 0 radical (unpaired) electrons. The minimum Gasteiger partial charge on any atom is -0.478 e. The number of fused-ring (bicyclic) bond motifs is 1. The van der Waals surface area contributed by atoms with E-state index in [0.717, 1.165) is 44.3 Å². The van der Waals surface area contributed by atoms with Crippen LogP contribution in [0.1, 0.15) is 38.8 Å². The Balaban J connectivity index is 2.04. The molecule has 5 heteroatoms. The molecule has 0 unspecified atom stereocenters. The summed E-state index contributed by atoms with van der Waals surface area (Å²) in [5.74, 6) is -1.13. The first-order chi connectivity index (χ1) is 14.9. The van der Waals surface area contributed by atoms with Crippen LogP contribution < -0.4 is 5.32 Å². The van der Waals surface area contributed by atoms with Gasteiger partial charge in [0.2, 0.25) is 0 Å². The summed E-state index contributed by atoms with van der Waals surface area (Å²) in [7, 11) is 0. The Kier molecular flexibility index (Phi) is 5.34. The normalized spacial score (nSPS) is 10.9. The van der Waals surface area contributed by atoms with Gasteiger partial charge >= 0.3 is 5.97 Å². The number of para-hydroxylation sites is 1. The Morgan fingerprint density at radius 3 is 2.39 bits per heavy atom. The van der Waals surface area contributed by atoms with Crippen molar-refractivity contribution in [2.75, 3.05) is 6.54 Å². The maximum atomic E-state index is 13.3. The second kappa shape index (κ2) is 8.11. The average Bonchev–Trinajstić information content (AvgIpc) is 3.19. The van der Waals surface area contributed by atoms with E-state index >= 15 is 0 Å². The molecule has 0 aliphatic rings. The number of carboxylic acid groups (broad SMARTS) is 1. The first-order valence-electron chi connectivity index (χ1n) is 10.2. The lowest BCUT2D eigenvalue weighted by Gasteiger charge is -2.19. The minimum atomic E-state index is -0.977. The van der Waals surface area contributed by atoms with E-state index in [2.05, 4.69) is 10.3 Å². The standard InChI is InChI=1S/C26H24N2O3/c1-4-27-25(29)24-20(17-9-11-18(12-10-17)26(30)31)13-15(2)16(3)23(24)21-14-28-22-8-6-5-7-19(21)22/h5-14,28H,4H2,1-3H3,(H,27,29)(H,30,31). The lowest BCUT2D eigenvalue weighted by molar-refractivity contribution is 0.0696. The number of rotatable bonds is 5. The van der Waals surface area contributed by atoms with E-state index < -0.39 is 5.97 Å². The van der Waals surface area contributed by atoms with E-state index in [0.29, 0.717) is 12.1 Å². The first-order valence-corrected chi connectivity index (χ1v) is 10.2. The van der Waals surface area contributed by atoms with Crippen molar-refractivity contribution in [2.24, 2.45) is 0 Å². The molecule has 1 heterocycles. The molecule has 0 bridgehead atoms. The van der Waals surface area contributed by atoms with Crippen LogP contribution in [0.25, 0.3) is 33.2 Å². The van der Waals surface area contributed by atoms with E-state index in [9.17, 15) is 14.7 Å². The number of aromatic amines is 1. The summed E-state index contributed by atoms with van der Waals surface area (Å²) >= 11 is 0. The van der Waals surface area contributed by atoms with Gasteiger partial charge in [0.25, 0.3) is 5.91 Å². The van der Waals surface area contributed by atoms with Crippen LogP contribution in [-0.2, 0) is 0 Å². The number of nitrogens with one attached hydrogen (secondary N) is 2. The van der Waals surface area contributed by atoms with Crippen molar-refractivity contribution in [3.8, 4) is 22.3 Å². The third-order valence-electron chi connectivity index (χ3n) is 5.71. The molecule has 0 fully saturated rings. The number of hydrogen-bond acceptors (Lipinski definition) is 2. The SMILES string of the molecule is CCNC(=O)c1c(-c2ccc(C(=O)O)cc2)cc(C)c(C)c1-c1c[nH]c2ccccc12. The first kappa shape index (κ1) is 20.4. The molecule has 0 spiro atoms. The number of aryl methyl sites for hydroxylation is 1. The number of carbonyl (C=O) groups excluding carboxylic acids is 1. The fraction of sp³-hybridized carbons (Fsp3) is 0.154. The van der Waals surface area contributed by atoms with Crippen molar-refractivity contribution in [1.82, 2.24) is 10.3 Å². The fourth-order valence-electron chi connectivity index (χ4n) is 4.04. The van der Waals surface area contributed by atoms with Crippen LogP contribution in [0.15, 0.2) is 60.8 Å². The zero-order valence-electron chi connectivity index (χ0n) is 17.7. The smallest absolute Gasteiger partial charge is 0.335 e. The van der Waals surface area contributed by atoms with Gasteiger partial charge in [0.15, 0.2) is 0 Å². The third kappa shape index (κ3) is 3.59. The molecule has 31 heavy (non-hydrogen) atoms. The van der Waals surface area contributed by atoms with Gasteiger partial charge in [-0.25, -0.2) is 4.79 Å². The van der Waals surface area contributed by atoms with Crippen LogP contribution >= 0.6 is 0 Å². The predicted molar refractivity (Wildman–Crippen MR) is 124 cm³/mol. The highest BCUT2D eigenvalue weighted by atomic mass is 16.4. The van der Waals surface area contributed by atoms with Crippen LogP contribution in [0.2, 0.25) is 0 Å². The highest BCUT2D eigenvalue weighted by Gasteiger charge is 2.23. The number of aromatic nitrogens is 1. The third-order valence-corrected chi connectivity index (χ3v) is 5.71. The summed E-state index contributed by atoms with van der Waals surface area (Å²) in [6.45, 7) is 6.47. The summed E-state index contributed by atoms with van der Waals surface area (Å²) < 4.78 is 0. The number of carboxylic acids is 1. The number of amides is 1. The summed E-state index contributed by atoms with van der Waals surface area (Å²) in [5, 5.41) is 13.2. The molecule has 1 aromatic heterocycles. The Bertz CT molecular complexity index is 1300. The maximum Gasteiger partial charge on any atom is 0.335 e. The summed E-state index contributed by atoms with van der Waals surface area (Å²) in [6, 6.07) is 16.7. The van der Waals surface area contributed by atoms with Gasteiger partial charge in [0.05, 0.1) is 11.1 Å². The van der Waals surface area contributed by atoms with Gasteiger partial charge in [-0.1, -0.05) is 36.4 Å². The van der Waals surface area contributed by atoms with Gasteiger partial charge < -0.3 is 15.4 Å². The fourth-order valence-corrected chi connectivity index (χ4v) is 4.04. The summed E-state index contributed by atoms with van der Waals surface area (Å²) in [4.78, 5) is 27.9. The van der Waals surface area contributed by atoms with Crippen molar-refractivity contribution >= 4 is 22.8 Å². The van der Waals surface area contributed by atoms with E-state index in [1.807, 2.05) is 57.3 Å². The lowest BCUT2D eigenvalue weighted by Crippen LogP contribution is -2.24. The van der Waals surface area contributed by atoms with E-state index in [1.165, 1.54) is 0 Å². The van der Waals surface area contributed by atoms with Gasteiger partial charge in [0.1, 0.15) is 0 Å². The molecule has 3 aromatic carbocycles. The van der Waals surface area contributed by atoms with Crippen LogP contribution in [0.3, 0.4) is 0 Å². The number of hydrogen-bond donors (Lipinski definition) is 3. The van der Waals surface area contributed by atoms with Gasteiger partial charge in [-0.05, 0) is 61.2 Å². The van der Waals surface area contributed by atoms with Gasteiger partial charge in [-0.15, -0.1) is 0 Å². The lowest BCUT2D eigenvalue weighted by atomic mass is 9.85.